The van der Waals surface area contributed by atoms with Crippen molar-refractivity contribution in [2.45, 2.75) is 46.1 Å². The zero-order valence-electron chi connectivity index (χ0n) is 16.6. The first-order valence-electron chi connectivity index (χ1n) is 10.2. The van der Waals surface area contributed by atoms with E-state index in [2.05, 4.69) is 55.1 Å². The lowest BCUT2D eigenvalue weighted by Crippen LogP contribution is -2.43. The summed E-state index contributed by atoms with van der Waals surface area (Å²) in [4.78, 5) is 17.4. The summed E-state index contributed by atoms with van der Waals surface area (Å²) in [6.07, 6.45) is 4.68. The van der Waals surface area contributed by atoms with Crippen LogP contribution in [0.5, 0.6) is 0 Å². The molecule has 0 N–H and O–H groups in total. The highest BCUT2D eigenvalue weighted by atomic mass is 16.2. The third-order valence-corrected chi connectivity index (χ3v) is 5.97. The molecule has 4 rings (SSSR count). The van der Waals surface area contributed by atoms with Gasteiger partial charge in [-0.25, -0.2) is 0 Å². The fourth-order valence-electron chi connectivity index (χ4n) is 4.53. The second kappa shape index (κ2) is 7.38. The van der Waals surface area contributed by atoms with E-state index >= 15 is 0 Å². The number of rotatable bonds is 3. The summed E-state index contributed by atoms with van der Waals surface area (Å²) in [5.41, 5.74) is 5.12. The summed E-state index contributed by atoms with van der Waals surface area (Å²) >= 11 is 0. The van der Waals surface area contributed by atoms with Gasteiger partial charge in [0.25, 0.3) is 5.91 Å². The number of anilines is 1. The van der Waals surface area contributed by atoms with Crippen molar-refractivity contribution in [2.75, 3.05) is 24.5 Å². The summed E-state index contributed by atoms with van der Waals surface area (Å²) in [5, 5.41) is 0. The minimum atomic E-state index is 0.178. The van der Waals surface area contributed by atoms with Crippen molar-refractivity contribution >= 4 is 11.6 Å². The largest absolute Gasteiger partial charge is 0.367 e. The highest BCUT2D eigenvalue weighted by Gasteiger charge is 2.29. The lowest BCUT2D eigenvalue weighted by molar-refractivity contribution is 0.0583. The van der Waals surface area contributed by atoms with Crippen LogP contribution in [0.3, 0.4) is 0 Å². The molecule has 2 aromatic carbocycles. The Labute approximate surface area is 163 Å². The topological polar surface area (TPSA) is 23.6 Å². The number of fused-ring (bicyclic) bond motifs is 1. The van der Waals surface area contributed by atoms with Crippen LogP contribution < -0.4 is 4.90 Å². The van der Waals surface area contributed by atoms with Gasteiger partial charge in [-0.3, -0.25) is 4.79 Å². The number of benzene rings is 2. The Bertz CT molecular complexity index is 809. The lowest BCUT2D eigenvalue weighted by Gasteiger charge is -2.38. The van der Waals surface area contributed by atoms with Crippen molar-refractivity contribution in [3.63, 3.8) is 0 Å². The number of para-hydroxylation sites is 1. The van der Waals surface area contributed by atoms with E-state index in [-0.39, 0.29) is 11.3 Å². The number of hydrogen-bond acceptors (Lipinski definition) is 2. The van der Waals surface area contributed by atoms with Gasteiger partial charge in [-0.1, -0.05) is 44.2 Å². The fourth-order valence-corrected chi connectivity index (χ4v) is 4.53. The van der Waals surface area contributed by atoms with E-state index in [1.165, 1.54) is 36.1 Å². The van der Waals surface area contributed by atoms with Crippen LogP contribution in [-0.2, 0) is 13.0 Å². The highest BCUT2D eigenvalue weighted by Crippen LogP contribution is 2.30. The minimum absolute atomic E-state index is 0.178. The number of carbonyl (C=O) groups excluding carboxylic acids is 1. The molecule has 0 unspecified atom stereocenters. The van der Waals surface area contributed by atoms with Crippen molar-refractivity contribution in [1.82, 2.24) is 4.90 Å². The molecule has 0 aliphatic carbocycles. The molecule has 1 saturated heterocycles. The Hall–Kier alpha value is -2.29. The molecular formula is C24H30N2O. The van der Waals surface area contributed by atoms with Crippen LogP contribution in [0.1, 0.15) is 54.6 Å². The Morgan fingerprint density at radius 1 is 1.00 bits per heavy atom. The van der Waals surface area contributed by atoms with E-state index in [9.17, 15) is 4.79 Å². The van der Waals surface area contributed by atoms with Gasteiger partial charge in [0.1, 0.15) is 0 Å². The van der Waals surface area contributed by atoms with Gasteiger partial charge in [0, 0.05) is 37.4 Å². The van der Waals surface area contributed by atoms with Crippen molar-refractivity contribution in [3.05, 3.63) is 65.2 Å². The first kappa shape index (κ1) is 18.1. The molecular weight excluding hydrogens is 332 g/mol. The monoisotopic (exact) mass is 362 g/mol. The smallest absolute Gasteiger partial charge is 0.253 e. The summed E-state index contributed by atoms with van der Waals surface area (Å²) in [6.45, 7) is 8.26. The Morgan fingerprint density at radius 2 is 1.78 bits per heavy atom. The number of piperidine rings is 1. The molecule has 2 aliphatic rings. The highest BCUT2D eigenvalue weighted by molar-refractivity contribution is 5.94. The third-order valence-electron chi connectivity index (χ3n) is 5.97. The molecule has 0 saturated carbocycles. The zero-order chi connectivity index (χ0) is 18.9. The molecule has 2 aliphatic heterocycles. The van der Waals surface area contributed by atoms with Gasteiger partial charge in [-0.05, 0) is 60.4 Å². The number of nitrogens with zero attached hydrogens (tertiary/aromatic N) is 2. The van der Waals surface area contributed by atoms with Gasteiger partial charge in [-0.15, -0.1) is 0 Å². The maximum absolute atomic E-state index is 12.9. The average molecular weight is 363 g/mol. The number of carbonyl (C=O) groups is 1. The first-order chi connectivity index (χ1) is 13.0. The number of likely N-dealkylation sites (tertiary alicyclic amines) is 1. The van der Waals surface area contributed by atoms with Crippen LogP contribution in [0.15, 0.2) is 48.5 Å². The number of hydrogen-bond donors (Lipinski definition) is 0. The molecule has 2 aromatic rings. The maximum Gasteiger partial charge on any atom is 0.253 e. The normalized spacial score (nSPS) is 18.9. The van der Waals surface area contributed by atoms with Crippen molar-refractivity contribution < 1.29 is 4.79 Å². The van der Waals surface area contributed by atoms with E-state index < -0.39 is 0 Å². The van der Waals surface area contributed by atoms with Gasteiger partial charge in [0.15, 0.2) is 0 Å². The van der Waals surface area contributed by atoms with Crippen molar-refractivity contribution in [3.8, 4) is 0 Å². The van der Waals surface area contributed by atoms with E-state index in [1.54, 1.807) is 0 Å². The average Bonchev–Trinajstić information content (AvgIpc) is 2.67. The van der Waals surface area contributed by atoms with Crippen LogP contribution >= 0.6 is 0 Å². The van der Waals surface area contributed by atoms with Gasteiger partial charge < -0.3 is 9.80 Å². The molecule has 3 nitrogen and oxygen atoms in total. The molecule has 3 heteroatoms. The van der Waals surface area contributed by atoms with Gasteiger partial charge in [0.05, 0.1) is 0 Å². The maximum atomic E-state index is 12.9. The fraction of sp³-hybridized carbons (Fsp3) is 0.458. The molecule has 0 radical (unpaired) electrons. The second-order valence-electron chi connectivity index (χ2n) is 8.85. The van der Waals surface area contributed by atoms with E-state index in [0.29, 0.717) is 0 Å². The van der Waals surface area contributed by atoms with E-state index in [4.69, 9.17) is 0 Å². The van der Waals surface area contributed by atoms with Crippen molar-refractivity contribution in [2.24, 2.45) is 5.41 Å². The molecule has 0 atom stereocenters. The summed E-state index contributed by atoms with van der Waals surface area (Å²) < 4.78 is 0. The minimum Gasteiger partial charge on any atom is -0.367 e. The van der Waals surface area contributed by atoms with Gasteiger partial charge >= 0.3 is 0 Å². The van der Waals surface area contributed by atoms with E-state index in [0.717, 1.165) is 38.2 Å². The number of aryl methyl sites for hydroxylation is 1. The van der Waals surface area contributed by atoms with Crippen LogP contribution in [-0.4, -0.2) is 30.4 Å². The Balaban J connectivity index is 1.45. The quantitative estimate of drug-likeness (QED) is 0.775. The predicted molar refractivity (Wildman–Crippen MR) is 111 cm³/mol. The van der Waals surface area contributed by atoms with E-state index in [1.807, 2.05) is 17.0 Å². The van der Waals surface area contributed by atoms with Crippen molar-refractivity contribution in [1.29, 1.82) is 0 Å². The molecule has 0 aromatic heterocycles. The molecule has 0 bridgehead atoms. The SMILES string of the molecule is CC1(C)CCCN(C(=O)c2ccc(CN3CCCc4ccccc43)cc2)C1. The summed E-state index contributed by atoms with van der Waals surface area (Å²) in [6, 6.07) is 17.0. The standard InChI is InChI=1S/C24H30N2O/c1-24(2)14-6-16-26(18-24)23(27)21-12-10-19(11-13-21)17-25-15-5-8-20-7-3-4-9-22(20)25/h3-4,7,9-13H,5-6,8,14-18H2,1-2H3. The molecule has 0 spiro atoms. The Morgan fingerprint density at radius 3 is 2.56 bits per heavy atom. The van der Waals surface area contributed by atoms with Crippen LogP contribution in [0.4, 0.5) is 5.69 Å². The Kier molecular flexibility index (Phi) is 4.94. The molecule has 1 fully saturated rings. The lowest BCUT2D eigenvalue weighted by atomic mass is 9.84. The zero-order valence-corrected chi connectivity index (χ0v) is 16.6. The second-order valence-corrected chi connectivity index (χ2v) is 8.85. The summed E-state index contributed by atoms with van der Waals surface area (Å²) in [7, 11) is 0. The van der Waals surface area contributed by atoms with Gasteiger partial charge in [0.2, 0.25) is 0 Å². The van der Waals surface area contributed by atoms with Crippen LogP contribution in [0, 0.1) is 5.41 Å². The van der Waals surface area contributed by atoms with Crippen LogP contribution in [0.2, 0.25) is 0 Å². The molecule has 2 heterocycles. The van der Waals surface area contributed by atoms with Crippen LogP contribution in [0.25, 0.3) is 0 Å². The third kappa shape index (κ3) is 4.02. The number of amides is 1. The first-order valence-corrected chi connectivity index (χ1v) is 10.2. The molecule has 27 heavy (non-hydrogen) atoms. The van der Waals surface area contributed by atoms with Gasteiger partial charge in [-0.2, -0.15) is 0 Å². The predicted octanol–water partition coefficient (Wildman–Crippen LogP) is 4.90. The molecule has 142 valence electrons. The summed E-state index contributed by atoms with van der Waals surface area (Å²) in [5.74, 6) is 0.178. The molecule has 1 amide bonds.